The first-order chi connectivity index (χ1) is 6.77. The van der Waals surface area contributed by atoms with Gasteiger partial charge in [0, 0.05) is 15.0 Å². The van der Waals surface area contributed by atoms with Crippen LogP contribution in [-0.4, -0.2) is 6.26 Å². The van der Waals surface area contributed by atoms with Gasteiger partial charge in [-0.25, -0.2) is 0 Å². The third-order valence-corrected chi connectivity index (χ3v) is 4.55. The topological polar surface area (TPSA) is 0 Å². The van der Waals surface area contributed by atoms with Crippen molar-refractivity contribution in [2.75, 3.05) is 6.26 Å². The van der Waals surface area contributed by atoms with Crippen molar-refractivity contribution in [3.8, 4) is 0 Å². The van der Waals surface area contributed by atoms with Crippen molar-refractivity contribution < 1.29 is 0 Å². The molecule has 0 radical (unpaired) electrons. The fourth-order valence-corrected chi connectivity index (χ4v) is 3.72. The fourth-order valence-electron chi connectivity index (χ4n) is 1.56. The van der Waals surface area contributed by atoms with E-state index in [1.54, 1.807) is 23.1 Å². The highest BCUT2D eigenvalue weighted by molar-refractivity contribution is 7.99. The van der Waals surface area contributed by atoms with Crippen LogP contribution in [0.5, 0.6) is 0 Å². The van der Waals surface area contributed by atoms with Crippen molar-refractivity contribution in [3.05, 3.63) is 28.1 Å². The van der Waals surface area contributed by atoms with Crippen LogP contribution < -0.4 is 0 Å². The van der Waals surface area contributed by atoms with Gasteiger partial charge < -0.3 is 0 Å². The number of halogens is 1. The van der Waals surface area contributed by atoms with Crippen molar-refractivity contribution in [2.24, 2.45) is 0 Å². The molecular weight excluding hydrogens is 232 g/mol. The van der Waals surface area contributed by atoms with E-state index < -0.39 is 0 Å². The van der Waals surface area contributed by atoms with Crippen LogP contribution in [0.1, 0.15) is 12.5 Å². The molecule has 1 heterocycles. The number of hydrogen-bond acceptors (Lipinski definition) is 2. The summed E-state index contributed by atoms with van der Waals surface area (Å²) in [5.74, 6) is 0. The van der Waals surface area contributed by atoms with Crippen molar-refractivity contribution in [1.82, 2.24) is 0 Å². The van der Waals surface area contributed by atoms with Gasteiger partial charge in [-0.1, -0.05) is 18.5 Å². The summed E-state index contributed by atoms with van der Waals surface area (Å²) in [4.78, 5) is 1.22. The molecule has 0 aliphatic rings. The van der Waals surface area contributed by atoms with Crippen molar-refractivity contribution in [1.29, 1.82) is 0 Å². The zero-order valence-electron chi connectivity index (χ0n) is 8.13. The molecule has 0 bridgehead atoms. The maximum Gasteiger partial charge on any atom is 0.0580 e. The van der Waals surface area contributed by atoms with E-state index in [4.69, 9.17) is 11.6 Å². The maximum atomic E-state index is 6.33. The van der Waals surface area contributed by atoms with E-state index in [1.807, 2.05) is 0 Å². The third kappa shape index (κ3) is 1.56. The second-order valence-electron chi connectivity index (χ2n) is 3.07. The summed E-state index contributed by atoms with van der Waals surface area (Å²) in [7, 11) is 0. The average Bonchev–Trinajstić information content (AvgIpc) is 2.64. The standard InChI is InChI=1S/C11H11ClS2/c1-3-7-6-9-8(4-5-14-9)11(13-2)10(7)12/h4-6H,3H2,1-2H3. The molecule has 74 valence electrons. The summed E-state index contributed by atoms with van der Waals surface area (Å²) < 4.78 is 1.34. The summed E-state index contributed by atoms with van der Waals surface area (Å²) >= 11 is 9.85. The first-order valence-electron chi connectivity index (χ1n) is 4.50. The van der Waals surface area contributed by atoms with E-state index in [0.29, 0.717) is 0 Å². The smallest absolute Gasteiger partial charge is 0.0580 e. The predicted octanol–water partition coefficient (Wildman–Crippen LogP) is 4.84. The third-order valence-electron chi connectivity index (χ3n) is 2.31. The Morgan fingerprint density at radius 3 is 2.93 bits per heavy atom. The van der Waals surface area contributed by atoms with E-state index in [9.17, 15) is 0 Å². The summed E-state index contributed by atoms with van der Waals surface area (Å²) in [5, 5.41) is 4.36. The van der Waals surface area contributed by atoms with Crippen molar-refractivity contribution in [2.45, 2.75) is 18.2 Å². The normalized spacial score (nSPS) is 11.1. The molecule has 0 unspecified atom stereocenters. The zero-order chi connectivity index (χ0) is 10.1. The van der Waals surface area contributed by atoms with Crippen LogP contribution in [-0.2, 0) is 6.42 Å². The average molecular weight is 243 g/mol. The molecule has 0 saturated heterocycles. The van der Waals surface area contributed by atoms with Gasteiger partial charge >= 0.3 is 0 Å². The van der Waals surface area contributed by atoms with Crippen molar-refractivity contribution in [3.63, 3.8) is 0 Å². The lowest BCUT2D eigenvalue weighted by Gasteiger charge is -2.07. The van der Waals surface area contributed by atoms with Crippen LogP contribution >= 0.6 is 34.7 Å². The molecular formula is C11H11ClS2. The molecule has 0 saturated carbocycles. The Labute approximate surface area is 97.3 Å². The zero-order valence-corrected chi connectivity index (χ0v) is 10.5. The number of thioether (sulfide) groups is 1. The Morgan fingerprint density at radius 2 is 2.29 bits per heavy atom. The lowest BCUT2D eigenvalue weighted by atomic mass is 10.1. The first-order valence-corrected chi connectivity index (χ1v) is 6.98. The van der Waals surface area contributed by atoms with Crippen LogP contribution in [0.3, 0.4) is 0 Å². The van der Waals surface area contributed by atoms with E-state index in [-0.39, 0.29) is 0 Å². The van der Waals surface area contributed by atoms with Gasteiger partial charge in [0.15, 0.2) is 0 Å². The Kier molecular flexibility index (Phi) is 3.05. The van der Waals surface area contributed by atoms with E-state index in [0.717, 1.165) is 11.4 Å². The highest BCUT2D eigenvalue weighted by atomic mass is 35.5. The monoisotopic (exact) mass is 242 g/mol. The molecule has 1 aromatic carbocycles. The number of aryl methyl sites for hydroxylation is 1. The summed E-state index contributed by atoms with van der Waals surface area (Å²) in [6.45, 7) is 2.14. The predicted molar refractivity (Wildman–Crippen MR) is 68.0 cm³/mol. The fraction of sp³-hybridized carbons (Fsp3) is 0.273. The van der Waals surface area contributed by atoms with Gasteiger partial charge in [-0.15, -0.1) is 23.1 Å². The lowest BCUT2D eigenvalue weighted by Crippen LogP contribution is -1.85. The van der Waals surface area contributed by atoms with Crippen LogP contribution in [0.25, 0.3) is 10.1 Å². The van der Waals surface area contributed by atoms with Gasteiger partial charge in [-0.05, 0) is 35.8 Å². The van der Waals surface area contributed by atoms with Gasteiger partial charge in [0.2, 0.25) is 0 Å². The molecule has 1 aromatic heterocycles. The quantitative estimate of drug-likeness (QED) is 0.679. The van der Waals surface area contributed by atoms with Crippen molar-refractivity contribution >= 4 is 44.8 Å². The number of rotatable bonds is 2. The molecule has 0 N–H and O–H groups in total. The molecule has 3 heteroatoms. The Hall–Kier alpha value is -0.180. The van der Waals surface area contributed by atoms with Crippen LogP contribution in [0.15, 0.2) is 22.4 Å². The number of thiophene rings is 1. The highest BCUT2D eigenvalue weighted by Gasteiger charge is 2.10. The summed E-state index contributed by atoms with van der Waals surface area (Å²) in [6.07, 6.45) is 3.08. The second-order valence-corrected chi connectivity index (χ2v) is 5.21. The SMILES string of the molecule is CCc1cc2sccc2c(SC)c1Cl. The maximum absolute atomic E-state index is 6.33. The molecule has 0 aliphatic carbocycles. The van der Waals surface area contributed by atoms with Crippen LogP contribution in [0, 0.1) is 0 Å². The molecule has 0 fully saturated rings. The van der Waals surface area contributed by atoms with Gasteiger partial charge in [0.25, 0.3) is 0 Å². The Balaban J connectivity index is 2.80. The highest BCUT2D eigenvalue weighted by Crippen LogP contribution is 2.38. The van der Waals surface area contributed by atoms with Gasteiger partial charge in [0.05, 0.1) is 5.02 Å². The van der Waals surface area contributed by atoms with E-state index in [1.165, 1.54) is 20.5 Å². The van der Waals surface area contributed by atoms with E-state index >= 15 is 0 Å². The molecule has 14 heavy (non-hydrogen) atoms. The molecule has 0 atom stereocenters. The summed E-state index contributed by atoms with van der Waals surface area (Å²) in [6, 6.07) is 4.36. The molecule has 0 aliphatic heterocycles. The lowest BCUT2D eigenvalue weighted by molar-refractivity contribution is 1.14. The largest absolute Gasteiger partial charge is 0.144 e. The molecule has 0 amide bonds. The van der Waals surface area contributed by atoms with Gasteiger partial charge in [-0.3, -0.25) is 0 Å². The molecule has 2 aromatic rings. The second kappa shape index (κ2) is 4.13. The minimum atomic E-state index is 0.936. The Bertz CT molecular complexity index is 460. The van der Waals surface area contributed by atoms with E-state index in [2.05, 4.69) is 30.7 Å². The minimum Gasteiger partial charge on any atom is -0.144 e. The molecule has 0 nitrogen and oxygen atoms in total. The first kappa shape index (κ1) is 10.3. The molecule has 0 spiro atoms. The Morgan fingerprint density at radius 1 is 1.50 bits per heavy atom. The minimum absolute atomic E-state index is 0.936. The summed E-state index contributed by atoms with van der Waals surface area (Å²) in [5.41, 5.74) is 1.26. The molecule has 2 rings (SSSR count). The van der Waals surface area contributed by atoms with Gasteiger partial charge in [-0.2, -0.15) is 0 Å². The number of benzene rings is 1. The van der Waals surface area contributed by atoms with Crippen LogP contribution in [0.4, 0.5) is 0 Å². The number of fused-ring (bicyclic) bond motifs is 1. The number of hydrogen-bond donors (Lipinski definition) is 0. The van der Waals surface area contributed by atoms with Gasteiger partial charge in [0.1, 0.15) is 0 Å². The van der Waals surface area contributed by atoms with Crippen LogP contribution in [0.2, 0.25) is 5.02 Å².